The minimum absolute atomic E-state index is 0.00301. The van der Waals surface area contributed by atoms with Crippen LogP contribution in [0.3, 0.4) is 0 Å². The Hall–Kier alpha value is -3.94. The smallest absolute Gasteiger partial charge is 0.260 e. The van der Waals surface area contributed by atoms with E-state index in [2.05, 4.69) is 4.98 Å². The zero-order valence-electron chi connectivity index (χ0n) is 18.8. The van der Waals surface area contributed by atoms with Crippen LogP contribution in [0.4, 0.5) is 5.95 Å². The highest BCUT2D eigenvalue weighted by molar-refractivity contribution is 5.94. The first-order valence-corrected chi connectivity index (χ1v) is 10.8. The van der Waals surface area contributed by atoms with E-state index in [1.165, 1.54) is 0 Å². The van der Waals surface area contributed by atoms with Gasteiger partial charge in [-0.3, -0.25) is 9.59 Å². The van der Waals surface area contributed by atoms with E-state index in [9.17, 15) is 9.59 Å². The first-order chi connectivity index (χ1) is 15.9. The summed E-state index contributed by atoms with van der Waals surface area (Å²) in [6.07, 6.45) is 2.56. The monoisotopic (exact) mass is 445 g/mol. The van der Waals surface area contributed by atoms with E-state index >= 15 is 0 Å². The van der Waals surface area contributed by atoms with Crippen molar-refractivity contribution in [3.63, 3.8) is 0 Å². The fourth-order valence-corrected chi connectivity index (χ4v) is 3.94. The number of carbonyl (C=O) groups is 2. The van der Waals surface area contributed by atoms with Crippen LogP contribution in [0.2, 0.25) is 0 Å². The van der Waals surface area contributed by atoms with Gasteiger partial charge in [-0.15, -0.1) is 0 Å². The summed E-state index contributed by atoms with van der Waals surface area (Å²) in [5.41, 5.74) is 8.42. The van der Waals surface area contributed by atoms with Crippen molar-refractivity contribution in [2.75, 3.05) is 38.7 Å². The highest BCUT2D eigenvalue weighted by Crippen LogP contribution is 2.34. The average Bonchev–Trinajstić information content (AvgIpc) is 3.33. The number of amides is 2. The molecule has 0 spiro atoms. The van der Waals surface area contributed by atoms with Crippen LogP contribution in [-0.2, 0) is 4.79 Å². The van der Waals surface area contributed by atoms with Gasteiger partial charge in [0.2, 0.25) is 11.9 Å². The maximum Gasteiger partial charge on any atom is 0.260 e. The highest BCUT2D eigenvalue weighted by Gasteiger charge is 2.31. The molecule has 0 bridgehead atoms. The maximum atomic E-state index is 12.8. The molecule has 0 radical (unpaired) electrons. The first kappa shape index (κ1) is 22.3. The number of hydrogen-bond acceptors (Lipinski definition) is 6. The number of ether oxygens (including phenoxy) is 1. The number of benzene rings is 2. The summed E-state index contributed by atoms with van der Waals surface area (Å²) >= 11 is 0. The van der Waals surface area contributed by atoms with Crippen LogP contribution in [0.25, 0.3) is 11.1 Å². The summed E-state index contributed by atoms with van der Waals surface area (Å²) in [7, 11) is 3.77. The van der Waals surface area contributed by atoms with Crippen molar-refractivity contribution in [1.82, 2.24) is 14.9 Å². The van der Waals surface area contributed by atoms with Gasteiger partial charge in [0.05, 0.1) is 5.69 Å². The lowest BCUT2D eigenvalue weighted by Gasteiger charge is -2.20. The summed E-state index contributed by atoms with van der Waals surface area (Å²) in [5.74, 6) is 0.766. The Morgan fingerprint density at radius 1 is 1.15 bits per heavy atom. The summed E-state index contributed by atoms with van der Waals surface area (Å²) in [5, 5.41) is 0. The number of carbonyl (C=O) groups excluding carboxylic acids is 2. The summed E-state index contributed by atoms with van der Waals surface area (Å²) in [4.78, 5) is 37.4. The van der Waals surface area contributed by atoms with Gasteiger partial charge in [0.15, 0.2) is 6.61 Å². The van der Waals surface area contributed by atoms with Crippen molar-refractivity contribution in [3.8, 4) is 16.9 Å². The number of anilines is 1. The van der Waals surface area contributed by atoms with Gasteiger partial charge >= 0.3 is 0 Å². The Morgan fingerprint density at radius 2 is 1.94 bits per heavy atom. The molecule has 1 unspecified atom stereocenters. The Morgan fingerprint density at radius 3 is 2.67 bits per heavy atom. The zero-order chi connectivity index (χ0) is 23.4. The molecule has 2 N–H and O–H groups in total. The third kappa shape index (κ3) is 5.11. The van der Waals surface area contributed by atoms with Crippen molar-refractivity contribution in [3.05, 3.63) is 72.1 Å². The second-order valence-electron chi connectivity index (χ2n) is 8.24. The molecule has 0 aliphatic carbocycles. The minimum atomic E-state index is -0.486. The fourth-order valence-electron chi connectivity index (χ4n) is 3.94. The number of hydrogen-bond donors (Lipinski definition) is 1. The number of likely N-dealkylation sites (tertiary alicyclic amines) is 1. The van der Waals surface area contributed by atoms with Crippen LogP contribution in [0.5, 0.6) is 5.75 Å². The molecule has 1 saturated heterocycles. The third-order valence-corrected chi connectivity index (χ3v) is 5.70. The lowest BCUT2D eigenvalue weighted by Crippen LogP contribution is -2.33. The summed E-state index contributed by atoms with van der Waals surface area (Å²) < 4.78 is 5.63. The molecule has 2 aromatic carbocycles. The summed E-state index contributed by atoms with van der Waals surface area (Å²) in [6.45, 7) is 1.17. The van der Waals surface area contributed by atoms with Gasteiger partial charge in [0.25, 0.3) is 5.91 Å². The molecule has 4 rings (SSSR count). The lowest BCUT2D eigenvalue weighted by molar-refractivity contribution is -0.132. The fraction of sp³-hybridized carbons (Fsp3) is 0.280. The Bertz CT molecular complexity index is 1150. The average molecular weight is 446 g/mol. The predicted molar refractivity (Wildman–Crippen MR) is 126 cm³/mol. The second-order valence-corrected chi connectivity index (χ2v) is 8.24. The molecule has 1 aromatic heterocycles. The second kappa shape index (κ2) is 9.68. The van der Waals surface area contributed by atoms with Crippen LogP contribution in [0.15, 0.2) is 60.8 Å². The molecule has 0 saturated carbocycles. The van der Waals surface area contributed by atoms with Crippen LogP contribution in [0, 0.1) is 0 Å². The van der Waals surface area contributed by atoms with E-state index in [1.807, 2.05) is 60.3 Å². The standard InChI is InChI=1S/C25H27N5O3/c1-29(2)25-27-14-21(17-7-6-8-18(13-17)24(26)32)23(28-25)19-11-12-30(15-19)22(31)16-33-20-9-4-3-5-10-20/h3-10,13-14,19H,11-12,15-16H2,1-2H3,(H2,26,32). The Labute approximate surface area is 193 Å². The van der Waals surface area contributed by atoms with Crippen molar-refractivity contribution in [1.29, 1.82) is 0 Å². The minimum Gasteiger partial charge on any atom is -0.484 e. The third-order valence-electron chi connectivity index (χ3n) is 5.70. The van der Waals surface area contributed by atoms with Crippen LogP contribution < -0.4 is 15.4 Å². The SMILES string of the molecule is CN(C)c1ncc(-c2cccc(C(N)=O)c2)c(C2CCN(C(=O)COc3ccccc3)C2)n1. The van der Waals surface area contributed by atoms with Crippen molar-refractivity contribution in [2.24, 2.45) is 5.73 Å². The van der Waals surface area contributed by atoms with E-state index in [4.69, 9.17) is 15.5 Å². The molecule has 8 nitrogen and oxygen atoms in total. The molecule has 1 aliphatic heterocycles. The van der Waals surface area contributed by atoms with Crippen molar-refractivity contribution >= 4 is 17.8 Å². The largest absolute Gasteiger partial charge is 0.484 e. The number of nitrogens with two attached hydrogens (primary N) is 1. The van der Waals surface area contributed by atoms with E-state index in [0.29, 0.717) is 30.4 Å². The van der Waals surface area contributed by atoms with E-state index in [1.54, 1.807) is 24.4 Å². The van der Waals surface area contributed by atoms with Gasteiger partial charge in [-0.05, 0) is 36.2 Å². The lowest BCUT2D eigenvalue weighted by atomic mass is 9.95. The number of primary amides is 1. The normalized spacial score (nSPS) is 15.3. The van der Waals surface area contributed by atoms with Gasteiger partial charge in [-0.1, -0.05) is 30.3 Å². The molecule has 33 heavy (non-hydrogen) atoms. The van der Waals surface area contributed by atoms with Crippen molar-refractivity contribution in [2.45, 2.75) is 12.3 Å². The van der Waals surface area contributed by atoms with Crippen LogP contribution >= 0.6 is 0 Å². The van der Waals surface area contributed by atoms with E-state index < -0.39 is 5.91 Å². The van der Waals surface area contributed by atoms with Gasteiger partial charge in [-0.25, -0.2) is 9.97 Å². The number of rotatable bonds is 7. The molecular formula is C25H27N5O3. The van der Waals surface area contributed by atoms with E-state index in [0.717, 1.165) is 23.2 Å². The molecule has 8 heteroatoms. The predicted octanol–water partition coefficient (Wildman–Crippen LogP) is 2.70. The first-order valence-electron chi connectivity index (χ1n) is 10.8. The summed E-state index contributed by atoms with van der Waals surface area (Å²) in [6, 6.07) is 16.5. The van der Waals surface area contributed by atoms with E-state index in [-0.39, 0.29) is 18.4 Å². The Kier molecular flexibility index (Phi) is 6.53. The molecular weight excluding hydrogens is 418 g/mol. The van der Waals surface area contributed by atoms with Gasteiger partial charge in [0.1, 0.15) is 5.75 Å². The Balaban J connectivity index is 1.56. The molecule has 3 aromatic rings. The molecule has 170 valence electrons. The van der Waals surface area contributed by atoms with Gasteiger partial charge in [-0.2, -0.15) is 0 Å². The maximum absolute atomic E-state index is 12.8. The molecule has 2 amide bonds. The highest BCUT2D eigenvalue weighted by atomic mass is 16.5. The molecule has 2 heterocycles. The van der Waals surface area contributed by atoms with Crippen LogP contribution in [-0.4, -0.2) is 60.5 Å². The molecule has 1 atom stereocenters. The molecule has 1 aliphatic rings. The number of para-hydroxylation sites is 1. The van der Waals surface area contributed by atoms with Crippen molar-refractivity contribution < 1.29 is 14.3 Å². The van der Waals surface area contributed by atoms with Crippen LogP contribution in [0.1, 0.15) is 28.4 Å². The number of aromatic nitrogens is 2. The van der Waals surface area contributed by atoms with Gasteiger partial charge in [0, 0.05) is 50.4 Å². The molecule has 1 fully saturated rings. The quantitative estimate of drug-likeness (QED) is 0.600. The zero-order valence-corrected chi connectivity index (χ0v) is 18.8. The van der Waals surface area contributed by atoms with Gasteiger partial charge < -0.3 is 20.3 Å². The number of nitrogens with zero attached hydrogens (tertiary/aromatic N) is 4. The topological polar surface area (TPSA) is 102 Å².